The minimum Gasteiger partial charge on any atom is -0.472 e. The summed E-state index contributed by atoms with van der Waals surface area (Å²) in [7, 11) is -3.41. The number of carbonyl (C=O) groups excluding carboxylic acids is 1. The highest BCUT2D eigenvalue weighted by molar-refractivity contribution is 7.91. The van der Waals surface area contributed by atoms with Gasteiger partial charge in [-0.05, 0) is 36.3 Å². The van der Waals surface area contributed by atoms with Crippen molar-refractivity contribution in [1.29, 1.82) is 0 Å². The van der Waals surface area contributed by atoms with Crippen LogP contribution in [0.5, 0.6) is 0 Å². The zero-order valence-corrected chi connectivity index (χ0v) is 14.1. The Bertz CT molecular complexity index is 731. The molecule has 0 atom stereocenters. The highest BCUT2D eigenvalue weighted by Crippen LogP contribution is 2.20. The molecule has 8 heteroatoms. The molecule has 0 radical (unpaired) electrons. The number of hydrogen-bond donors (Lipinski definition) is 1. The fourth-order valence-electron chi connectivity index (χ4n) is 2.62. The molecule has 23 heavy (non-hydrogen) atoms. The molecule has 3 heterocycles. The Morgan fingerprint density at radius 1 is 1.35 bits per heavy atom. The Hall–Kier alpha value is -1.64. The minimum absolute atomic E-state index is 0.0311. The molecule has 1 amide bonds. The summed E-state index contributed by atoms with van der Waals surface area (Å²) in [6, 6.07) is 4.97. The standard InChI is InChI=1S/C15H18N2O4S2/c18-15(13-5-8-21-11-13)17-6-3-12(4-7-17)10-16-23(19,20)14-2-1-9-22-14/h1-2,5,8-9,11-12,16H,3-4,6-7,10H2. The average molecular weight is 354 g/mol. The van der Waals surface area contributed by atoms with E-state index >= 15 is 0 Å². The third kappa shape index (κ3) is 3.82. The van der Waals surface area contributed by atoms with Gasteiger partial charge in [0.05, 0.1) is 11.8 Å². The van der Waals surface area contributed by atoms with Crippen LogP contribution >= 0.6 is 11.3 Å². The molecule has 1 aliphatic rings. The first-order chi connectivity index (χ1) is 11.1. The molecular weight excluding hydrogens is 336 g/mol. The fraction of sp³-hybridized carbons (Fsp3) is 0.400. The van der Waals surface area contributed by atoms with Crippen LogP contribution in [0, 0.1) is 5.92 Å². The summed E-state index contributed by atoms with van der Waals surface area (Å²) >= 11 is 1.21. The number of furan rings is 1. The highest BCUT2D eigenvalue weighted by Gasteiger charge is 2.25. The van der Waals surface area contributed by atoms with E-state index in [1.165, 1.54) is 23.9 Å². The van der Waals surface area contributed by atoms with Crippen LogP contribution in [0.25, 0.3) is 0 Å². The second kappa shape index (κ2) is 6.86. The molecule has 0 spiro atoms. The number of hydrogen-bond acceptors (Lipinski definition) is 5. The number of sulfonamides is 1. The van der Waals surface area contributed by atoms with E-state index in [9.17, 15) is 13.2 Å². The van der Waals surface area contributed by atoms with Gasteiger partial charge in [-0.3, -0.25) is 4.79 Å². The van der Waals surface area contributed by atoms with Crippen molar-refractivity contribution < 1.29 is 17.6 Å². The monoisotopic (exact) mass is 354 g/mol. The van der Waals surface area contributed by atoms with Crippen molar-refractivity contribution in [2.75, 3.05) is 19.6 Å². The summed E-state index contributed by atoms with van der Waals surface area (Å²) in [5.41, 5.74) is 0.557. The van der Waals surface area contributed by atoms with Crippen molar-refractivity contribution in [3.8, 4) is 0 Å². The van der Waals surface area contributed by atoms with E-state index in [1.54, 1.807) is 28.5 Å². The van der Waals surface area contributed by atoms with Gasteiger partial charge >= 0.3 is 0 Å². The van der Waals surface area contributed by atoms with Crippen molar-refractivity contribution >= 4 is 27.3 Å². The van der Waals surface area contributed by atoms with Crippen LogP contribution in [-0.4, -0.2) is 38.9 Å². The molecule has 6 nitrogen and oxygen atoms in total. The Kier molecular flexibility index (Phi) is 4.84. The normalized spacial score (nSPS) is 16.6. The molecule has 1 N–H and O–H groups in total. The predicted octanol–water partition coefficient (Wildman–Crippen LogP) is 2.17. The molecule has 124 valence electrons. The van der Waals surface area contributed by atoms with Gasteiger partial charge in [0, 0.05) is 19.6 Å². The molecular formula is C15H18N2O4S2. The van der Waals surface area contributed by atoms with Gasteiger partial charge in [0.25, 0.3) is 5.91 Å². The molecule has 3 rings (SSSR count). The molecule has 0 aromatic carbocycles. The fourth-order valence-corrected chi connectivity index (χ4v) is 4.78. The Morgan fingerprint density at radius 2 is 2.13 bits per heavy atom. The van der Waals surface area contributed by atoms with Crippen LogP contribution in [0.2, 0.25) is 0 Å². The molecule has 0 saturated carbocycles. The first kappa shape index (κ1) is 16.2. The largest absolute Gasteiger partial charge is 0.472 e. The highest BCUT2D eigenvalue weighted by atomic mass is 32.2. The van der Waals surface area contributed by atoms with E-state index < -0.39 is 10.0 Å². The Balaban J connectivity index is 1.49. The van der Waals surface area contributed by atoms with Crippen LogP contribution in [0.4, 0.5) is 0 Å². The molecule has 0 unspecified atom stereocenters. The molecule has 2 aromatic heterocycles. The lowest BCUT2D eigenvalue weighted by atomic mass is 9.97. The summed E-state index contributed by atoms with van der Waals surface area (Å²) in [6.45, 7) is 1.68. The maximum Gasteiger partial charge on any atom is 0.257 e. The lowest BCUT2D eigenvalue weighted by molar-refractivity contribution is 0.0691. The number of nitrogens with zero attached hydrogens (tertiary/aromatic N) is 1. The third-order valence-electron chi connectivity index (χ3n) is 3.99. The number of carbonyl (C=O) groups is 1. The molecule has 1 fully saturated rings. The second-order valence-electron chi connectivity index (χ2n) is 5.53. The van der Waals surface area contributed by atoms with Gasteiger partial charge in [0.1, 0.15) is 10.5 Å². The van der Waals surface area contributed by atoms with E-state index in [2.05, 4.69) is 4.72 Å². The smallest absolute Gasteiger partial charge is 0.257 e. The maximum atomic E-state index is 12.2. The number of likely N-dealkylation sites (tertiary alicyclic amines) is 1. The van der Waals surface area contributed by atoms with Gasteiger partial charge in [-0.15, -0.1) is 11.3 Å². The number of piperidine rings is 1. The van der Waals surface area contributed by atoms with Gasteiger partial charge in [0.15, 0.2) is 0 Å². The van der Waals surface area contributed by atoms with Crippen molar-refractivity contribution in [1.82, 2.24) is 9.62 Å². The number of thiophene rings is 1. The summed E-state index contributed by atoms with van der Waals surface area (Å²) < 4.78 is 32.1. The number of rotatable bonds is 5. The van der Waals surface area contributed by atoms with Gasteiger partial charge in [-0.25, -0.2) is 13.1 Å². The number of nitrogens with one attached hydrogen (secondary N) is 1. The molecule has 1 aliphatic heterocycles. The summed E-state index contributed by atoms with van der Waals surface area (Å²) in [5.74, 6) is 0.217. The third-order valence-corrected chi connectivity index (χ3v) is 6.81. The van der Waals surface area contributed by atoms with Crippen molar-refractivity contribution in [2.45, 2.75) is 17.1 Å². The minimum atomic E-state index is -3.41. The maximum absolute atomic E-state index is 12.2. The zero-order valence-electron chi connectivity index (χ0n) is 12.5. The number of amides is 1. The van der Waals surface area contributed by atoms with Crippen LogP contribution in [-0.2, 0) is 10.0 Å². The van der Waals surface area contributed by atoms with Crippen molar-refractivity contribution in [3.63, 3.8) is 0 Å². The lowest BCUT2D eigenvalue weighted by Gasteiger charge is -2.31. The van der Waals surface area contributed by atoms with Gasteiger partial charge in [-0.2, -0.15) is 0 Å². The topological polar surface area (TPSA) is 79.6 Å². The van der Waals surface area contributed by atoms with Crippen LogP contribution in [0.15, 0.2) is 44.7 Å². The summed E-state index contributed by atoms with van der Waals surface area (Å²) in [6.07, 6.45) is 4.51. The first-order valence-corrected chi connectivity index (χ1v) is 9.77. The van der Waals surface area contributed by atoms with E-state index in [0.717, 1.165) is 12.8 Å². The SMILES string of the molecule is O=C(c1ccoc1)N1CCC(CNS(=O)(=O)c2cccs2)CC1. The first-order valence-electron chi connectivity index (χ1n) is 7.41. The van der Waals surface area contributed by atoms with Crippen LogP contribution in [0.3, 0.4) is 0 Å². The molecule has 2 aromatic rings. The van der Waals surface area contributed by atoms with Crippen molar-refractivity contribution in [2.24, 2.45) is 5.92 Å². The Morgan fingerprint density at radius 3 is 2.74 bits per heavy atom. The average Bonchev–Trinajstić information content (AvgIpc) is 3.26. The van der Waals surface area contributed by atoms with E-state index in [0.29, 0.717) is 29.4 Å². The van der Waals surface area contributed by atoms with E-state index in [-0.39, 0.29) is 11.8 Å². The molecule has 1 saturated heterocycles. The van der Waals surface area contributed by atoms with Gasteiger partial charge in [0.2, 0.25) is 10.0 Å². The van der Waals surface area contributed by atoms with Gasteiger partial charge < -0.3 is 9.32 Å². The zero-order chi connectivity index (χ0) is 16.3. The summed E-state index contributed by atoms with van der Waals surface area (Å²) in [4.78, 5) is 14.0. The second-order valence-corrected chi connectivity index (χ2v) is 8.47. The van der Waals surface area contributed by atoms with E-state index in [1.807, 2.05) is 0 Å². The lowest BCUT2D eigenvalue weighted by Crippen LogP contribution is -2.41. The Labute approximate surface area is 139 Å². The quantitative estimate of drug-likeness (QED) is 0.892. The van der Waals surface area contributed by atoms with Crippen LogP contribution < -0.4 is 4.72 Å². The van der Waals surface area contributed by atoms with E-state index in [4.69, 9.17) is 4.42 Å². The summed E-state index contributed by atoms with van der Waals surface area (Å²) in [5, 5.41) is 1.74. The van der Waals surface area contributed by atoms with Crippen molar-refractivity contribution in [3.05, 3.63) is 41.7 Å². The predicted molar refractivity (Wildman–Crippen MR) is 86.8 cm³/mol. The van der Waals surface area contributed by atoms with Crippen LogP contribution in [0.1, 0.15) is 23.2 Å². The van der Waals surface area contributed by atoms with Gasteiger partial charge in [-0.1, -0.05) is 6.07 Å². The molecule has 0 aliphatic carbocycles. The molecule has 0 bridgehead atoms.